The number of anilines is 1. The van der Waals surface area contributed by atoms with Crippen molar-refractivity contribution in [2.45, 2.75) is 32.2 Å². The molecule has 0 spiro atoms. The summed E-state index contributed by atoms with van der Waals surface area (Å²) in [6, 6.07) is 10.2. The van der Waals surface area contributed by atoms with Crippen LogP contribution >= 0.6 is 0 Å². The molecule has 0 aliphatic carbocycles. The van der Waals surface area contributed by atoms with Crippen molar-refractivity contribution in [3.8, 4) is 6.07 Å². The number of aromatic nitrogens is 1. The predicted octanol–water partition coefficient (Wildman–Crippen LogP) is 2.44. The predicted molar refractivity (Wildman–Crippen MR) is 110 cm³/mol. The van der Waals surface area contributed by atoms with E-state index in [1.807, 2.05) is 24.3 Å². The molecule has 0 radical (unpaired) electrons. The first kappa shape index (κ1) is 18.7. The molecule has 1 unspecified atom stereocenters. The summed E-state index contributed by atoms with van der Waals surface area (Å²) >= 11 is 0. The van der Waals surface area contributed by atoms with Crippen molar-refractivity contribution in [1.29, 1.82) is 5.26 Å². The molecule has 4 rings (SSSR count). The Kier molecular flexibility index (Phi) is 5.45. The van der Waals surface area contributed by atoms with Crippen molar-refractivity contribution in [2.75, 3.05) is 31.1 Å². The van der Waals surface area contributed by atoms with Crippen LogP contribution in [0.25, 0.3) is 10.9 Å². The number of carbonyl (C=O) groups excluding carboxylic acids is 1. The third kappa shape index (κ3) is 3.67. The highest BCUT2D eigenvalue weighted by atomic mass is 16.2. The maximum atomic E-state index is 13.0. The van der Waals surface area contributed by atoms with Gasteiger partial charge in [0.1, 0.15) is 6.07 Å². The minimum absolute atomic E-state index is 0.0152. The van der Waals surface area contributed by atoms with Gasteiger partial charge in [-0.1, -0.05) is 6.92 Å². The van der Waals surface area contributed by atoms with Crippen LogP contribution in [0, 0.1) is 23.2 Å². The highest BCUT2D eigenvalue weighted by Gasteiger charge is 2.36. The first-order valence-corrected chi connectivity index (χ1v) is 10.2. The van der Waals surface area contributed by atoms with Crippen molar-refractivity contribution >= 4 is 22.5 Å². The minimum Gasteiger partial charge on any atom is -0.370 e. The Morgan fingerprint density at radius 1 is 1.29 bits per heavy atom. The number of pyridine rings is 1. The van der Waals surface area contributed by atoms with E-state index >= 15 is 0 Å². The van der Waals surface area contributed by atoms with Crippen LogP contribution in [0.4, 0.5) is 5.69 Å². The van der Waals surface area contributed by atoms with E-state index in [-0.39, 0.29) is 23.8 Å². The maximum Gasteiger partial charge on any atom is 0.225 e. The van der Waals surface area contributed by atoms with Crippen molar-refractivity contribution in [3.63, 3.8) is 0 Å². The number of carbonyl (C=O) groups is 1. The summed E-state index contributed by atoms with van der Waals surface area (Å²) in [7, 11) is 0. The molecule has 0 bridgehead atoms. The molecule has 28 heavy (non-hydrogen) atoms. The summed E-state index contributed by atoms with van der Waals surface area (Å²) in [4.78, 5) is 19.6. The fourth-order valence-corrected chi connectivity index (χ4v) is 4.50. The summed E-state index contributed by atoms with van der Waals surface area (Å²) in [6.07, 6.45) is 4.89. The number of amides is 1. The van der Waals surface area contributed by atoms with Crippen LogP contribution in [0.5, 0.6) is 0 Å². The van der Waals surface area contributed by atoms with E-state index in [0.29, 0.717) is 12.1 Å². The van der Waals surface area contributed by atoms with Gasteiger partial charge in [-0.3, -0.25) is 9.78 Å². The molecule has 0 saturated carbocycles. The van der Waals surface area contributed by atoms with Gasteiger partial charge in [0.2, 0.25) is 5.91 Å². The highest BCUT2D eigenvalue weighted by Crippen LogP contribution is 2.34. The molecule has 3 atom stereocenters. The Morgan fingerprint density at radius 2 is 2.18 bits per heavy atom. The Hall–Kier alpha value is -2.65. The van der Waals surface area contributed by atoms with Gasteiger partial charge in [0.25, 0.3) is 0 Å². The fourth-order valence-electron chi connectivity index (χ4n) is 4.50. The summed E-state index contributed by atoms with van der Waals surface area (Å²) in [5.41, 5.74) is 2.37. The van der Waals surface area contributed by atoms with Gasteiger partial charge in [0.05, 0.1) is 17.0 Å². The molecule has 1 aromatic heterocycles. The number of fused-ring (bicyclic) bond motifs is 1. The number of hydrogen-bond acceptors (Lipinski definition) is 5. The zero-order valence-electron chi connectivity index (χ0n) is 16.3. The summed E-state index contributed by atoms with van der Waals surface area (Å²) in [6.45, 7) is 5.71. The van der Waals surface area contributed by atoms with Gasteiger partial charge in [0.15, 0.2) is 0 Å². The first-order chi connectivity index (χ1) is 13.7. The zero-order chi connectivity index (χ0) is 19.5. The van der Waals surface area contributed by atoms with E-state index < -0.39 is 0 Å². The van der Waals surface area contributed by atoms with Gasteiger partial charge >= 0.3 is 0 Å². The molecule has 2 aromatic rings. The van der Waals surface area contributed by atoms with Crippen molar-refractivity contribution in [1.82, 2.24) is 15.6 Å². The topological polar surface area (TPSA) is 81.0 Å². The van der Waals surface area contributed by atoms with Gasteiger partial charge < -0.3 is 15.5 Å². The average Bonchev–Trinajstić information content (AvgIpc) is 2.92. The van der Waals surface area contributed by atoms with Crippen LogP contribution in [0.1, 0.15) is 31.7 Å². The SMILES string of the molecule is C[C@@H]1CN(c2ccc(C#N)c3ncccc23)C[C@H]1C(=O)NC1CCCNCC1. The van der Waals surface area contributed by atoms with E-state index in [2.05, 4.69) is 33.5 Å². The van der Waals surface area contributed by atoms with Crippen LogP contribution in [0.3, 0.4) is 0 Å². The number of rotatable bonds is 3. The standard InChI is InChI=1S/C22H27N5O/c1-15-13-27(14-19(15)22(28)26-17-4-2-9-24-11-8-17)20-7-6-16(12-23)21-18(20)5-3-10-25-21/h3,5-7,10,15,17,19,24H,2,4,8-9,11,13-14H2,1H3,(H,26,28)/t15-,17?,19-/m1/s1. The fraction of sp³-hybridized carbons (Fsp3) is 0.500. The number of nitrogens with zero attached hydrogens (tertiary/aromatic N) is 3. The Bertz CT molecular complexity index is 897. The molecule has 2 saturated heterocycles. The number of hydrogen-bond donors (Lipinski definition) is 2. The van der Waals surface area contributed by atoms with Crippen LogP contribution in [-0.2, 0) is 4.79 Å². The smallest absolute Gasteiger partial charge is 0.225 e. The monoisotopic (exact) mass is 377 g/mol. The quantitative estimate of drug-likeness (QED) is 0.859. The van der Waals surface area contributed by atoms with Crippen molar-refractivity contribution in [3.05, 3.63) is 36.0 Å². The average molecular weight is 377 g/mol. The zero-order valence-corrected chi connectivity index (χ0v) is 16.3. The molecule has 2 N–H and O–H groups in total. The molecule has 1 aromatic carbocycles. The van der Waals surface area contributed by atoms with Gasteiger partial charge in [-0.2, -0.15) is 5.26 Å². The van der Waals surface area contributed by atoms with E-state index in [1.165, 1.54) is 0 Å². The van der Waals surface area contributed by atoms with Gasteiger partial charge in [-0.05, 0) is 62.5 Å². The summed E-state index contributed by atoms with van der Waals surface area (Å²) in [5, 5.41) is 17.0. The van der Waals surface area contributed by atoms with E-state index in [4.69, 9.17) is 0 Å². The highest BCUT2D eigenvalue weighted by molar-refractivity contribution is 5.95. The number of nitriles is 1. The summed E-state index contributed by atoms with van der Waals surface area (Å²) < 4.78 is 0. The Labute approximate surface area is 165 Å². The number of benzene rings is 1. The lowest BCUT2D eigenvalue weighted by atomic mass is 9.96. The second kappa shape index (κ2) is 8.15. The lowest BCUT2D eigenvalue weighted by molar-refractivity contribution is -0.126. The van der Waals surface area contributed by atoms with E-state index in [1.54, 1.807) is 6.20 Å². The molecule has 6 nitrogen and oxygen atoms in total. The van der Waals surface area contributed by atoms with Gasteiger partial charge in [-0.25, -0.2) is 0 Å². The lowest BCUT2D eigenvalue weighted by Gasteiger charge is -2.22. The van der Waals surface area contributed by atoms with Crippen molar-refractivity contribution < 1.29 is 4.79 Å². The Balaban J connectivity index is 1.52. The molecule has 146 valence electrons. The van der Waals surface area contributed by atoms with Gasteiger partial charge in [0, 0.05) is 36.4 Å². The first-order valence-electron chi connectivity index (χ1n) is 10.2. The van der Waals surface area contributed by atoms with E-state index in [9.17, 15) is 10.1 Å². The third-order valence-corrected chi connectivity index (χ3v) is 6.08. The minimum atomic E-state index is -0.0152. The molecule has 2 aliphatic heterocycles. The normalized spacial score (nSPS) is 25.3. The van der Waals surface area contributed by atoms with Crippen LogP contribution in [0.15, 0.2) is 30.5 Å². The third-order valence-electron chi connectivity index (χ3n) is 6.08. The Morgan fingerprint density at radius 3 is 3.04 bits per heavy atom. The molecule has 2 fully saturated rings. The molecular formula is C22H27N5O. The molecule has 6 heteroatoms. The molecule has 1 amide bonds. The van der Waals surface area contributed by atoms with E-state index in [0.717, 1.165) is 55.5 Å². The van der Waals surface area contributed by atoms with Crippen LogP contribution < -0.4 is 15.5 Å². The van der Waals surface area contributed by atoms with Crippen molar-refractivity contribution in [2.24, 2.45) is 11.8 Å². The second-order valence-electron chi connectivity index (χ2n) is 8.02. The van der Waals surface area contributed by atoms with Crippen LogP contribution in [-0.4, -0.2) is 43.1 Å². The summed E-state index contributed by atoms with van der Waals surface area (Å²) in [5.74, 6) is 0.447. The largest absolute Gasteiger partial charge is 0.370 e. The molecular weight excluding hydrogens is 350 g/mol. The maximum absolute atomic E-state index is 13.0. The molecule has 2 aliphatic rings. The van der Waals surface area contributed by atoms with Gasteiger partial charge in [-0.15, -0.1) is 0 Å². The number of nitrogens with one attached hydrogen (secondary N) is 2. The second-order valence-corrected chi connectivity index (χ2v) is 8.02. The lowest BCUT2D eigenvalue weighted by Crippen LogP contribution is -2.41. The molecule has 3 heterocycles. The van der Waals surface area contributed by atoms with Crippen LogP contribution in [0.2, 0.25) is 0 Å².